The Bertz CT molecular complexity index is 1970. The molecule has 0 aliphatic carbocycles. The molecule has 2 aliphatic rings. The first kappa shape index (κ1) is 39.3. The van der Waals surface area contributed by atoms with Gasteiger partial charge in [-0.05, 0) is 61.6 Å². The van der Waals surface area contributed by atoms with Crippen LogP contribution in [-0.4, -0.2) is 118 Å². The molecule has 6 atom stereocenters. The van der Waals surface area contributed by atoms with Crippen LogP contribution in [0.3, 0.4) is 0 Å². The smallest absolute Gasteiger partial charge is 0.407 e. The lowest BCUT2D eigenvalue weighted by Gasteiger charge is -2.30. The lowest BCUT2D eigenvalue weighted by Crippen LogP contribution is -2.54. The number of aromatic amines is 2. The quantitative estimate of drug-likeness (QED) is 0.147. The minimum atomic E-state index is -0.915. The van der Waals surface area contributed by atoms with Gasteiger partial charge in [-0.25, -0.2) is 19.6 Å². The average Bonchev–Trinajstić information content (AvgIpc) is 4.05. The number of nitrogens with zero attached hydrogens (tertiary/aromatic N) is 4. The van der Waals surface area contributed by atoms with E-state index in [1.807, 2.05) is 30.5 Å². The van der Waals surface area contributed by atoms with E-state index in [2.05, 4.69) is 54.6 Å². The highest BCUT2D eigenvalue weighted by Gasteiger charge is 2.42. The van der Waals surface area contributed by atoms with Crippen molar-refractivity contribution in [3.63, 3.8) is 0 Å². The molecule has 2 aromatic carbocycles. The summed E-state index contributed by atoms with van der Waals surface area (Å²) in [6.07, 6.45) is 6.03. The third-order valence-electron chi connectivity index (χ3n) is 10.4. The van der Waals surface area contributed by atoms with Crippen molar-refractivity contribution in [2.24, 2.45) is 0 Å². The van der Waals surface area contributed by atoms with Gasteiger partial charge in [-0.3, -0.25) is 9.59 Å². The molecule has 15 nitrogen and oxygen atoms in total. The van der Waals surface area contributed by atoms with E-state index >= 15 is 0 Å². The van der Waals surface area contributed by atoms with Gasteiger partial charge in [0.2, 0.25) is 11.8 Å². The van der Waals surface area contributed by atoms with E-state index in [0.717, 1.165) is 52.9 Å². The van der Waals surface area contributed by atoms with E-state index < -0.39 is 30.4 Å². The van der Waals surface area contributed by atoms with Crippen LogP contribution in [0.5, 0.6) is 0 Å². The van der Waals surface area contributed by atoms with Crippen LogP contribution in [0.15, 0.2) is 60.9 Å². The zero-order valence-corrected chi connectivity index (χ0v) is 32.6. The van der Waals surface area contributed by atoms with Crippen molar-refractivity contribution < 1.29 is 33.4 Å². The molecule has 4 heterocycles. The second-order valence-corrected chi connectivity index (χ2v) is 14.9. The van der Waals surface area contributed by atoms with Gasteiger partial charge in [0.25, 0.3) is 0 Å². The maximum absolute atomic E-state index is 13.8. The molecular formula is C39H48N8O7S. The zero-order chi connectivity index (χ0) is 39.2. The number of hydrogen-bond acceptors (Lipinski definition) is 10. The van der Waals surface area contributed by atoms with Crippen molar-refractivity contribution in [3.8, 4) is 33.6 Å². The van der Waals surface area contributed by atoms with E-state index in [-0.39, 0.29) is 29.1 Å². The van der Waals surface area contributed by atoms with E-state index in [1.165, 1.54) is 21.3 Å². The monoisotopic (exact) mass is 772 g/mol. The summed E-state index contributed by atoms with van der Waals surface area (Å²) >= 11 is 1.70. The van der Waals surface area contributed by atoms with Crippen LogP contribution >= 0.6 is 11.8 Å². The van der Waals surface area contributed by atoms with Crippen LogP contribution in [0, 0.1) is 0 Å². The second kappa shape index (κ2) is 17.4. The van der Waals surface area contributed by atoms with Gasteiger partial charge in [-0.2, -0.15) is 11.8 Å². The fourth-order valence-corrected chi connectivity index (χ4v) is 7.89. The van der Waals surface area contributed by atoms with Gasteiger partial charge in [0, 0.05) is 25.4 Å². The van der Waals surface area contributed by atoms with Crippen molar-refractivity contribution in [1.82, 2.24) is 40.4 Å². The molecule has 4 amide bonds. The van der Waals surface area contributed by atoms with E-state index in [0.29, 0.717) is 24.7 Å². The first-order valence-corrected chi connectivity index (χ1v) is 19.5. The number of amides is 4. The molecule has 55 heavy (non-hydrogen) atoms. The highest BCUT2D eigenvalue weighted by molar-refractivity contribution is 7.99. The average molecular weight is 773 g/mol. The molecule has 0 spiro atoms. The van der Waals surface area contributed by atoms with Gasteiger partial charge in [0.15, 0.2) is 0 Å². The second-order valence-electron chi connectivity index (χ2n) is 13.7. The van der Waals surface area contributed by atoms with Crippen molar-refractivity contribution in [1.29, 1.82) is 0 Å². The maximum Gasteiger partial charge on any atom is 0.407 e. The van der Waals surface area contributed by atoms with Gasteiger partial charge in [0.1, 0.15) is 23.7 Å². The Kier molecular flexibility index (Phi) is 12.5. The number of benzene rings is 2. The highest BCUT2D eigenvalue weighted by atomic mass is 32.2. The molecule has 0 radical (unpaired) electrons. The Hall–Kier alpha value is -5.35. The molecule has 2 saturated heterocycles. The Morgan fingerprint density at radius 2 is 1.29 bits per heavy atom. The lowest BCUT2D eigenvalue weighted by atomic mass is 10.0. The largest absolute Gasteiger partial charge is 0.453 e. The Morgan fingerprint density at radius 1 is 0.764 bits per heavy atom. The van der Waals surface area contributed by atoms with Crippen LogP contribution in [0.2, 0.25) is 0 Å². The summed E-state index contributed by atoms with van der Waals surface area (Å²) in [5.74, 6) is 0.963. The van der Waals surface area contributed by atoms with Crippen molar-refractivity contribution >= 4 is 35.8 Å². The number of nitrogens with one attached hydrogen (secondary N) is 4. The van der Waals surface area contributed by atoms with Crippen LogP contribution in [0.25, 0.3) is 33.6 Å². The number of imidazole rings is 2. The topological polar surface area (TPSA) is 184 Å². The predicted molar refractivity (Wildman–Crippen MR) is 208 cm³/mol. The molecule has 2 fully saturated rings. The molecule has 0 saturated carbocycles. The third-order valence-corrected chi connectivity index (χ3v) is 11.4. The number of ether oxygens (including phenoxy) is 3. The maximum atomic E-state index is 13.8. The number of carbonyl (C=O) groups is 4. The molecular weight excluding hydrogens is 725 g/mol. The Labute approximate surface area is 324 Å². The lowest BCUT2D eigenvalue weighted by molar-refractivity contribution is -0.137. The minimum absolute atomic E-state index is 0.177. The van der Waals surface area contributed by atoms with Gasteiger partial charge in [-0.15, -0.1) is 0 Å². The molecule has 2 aliphatic heterocycles. The van der Waals surface area contributed by atoms with Gasteiger partial charge < -0.3 is 44.6 Å². The molecule has 6 rings (SSSR count). The summed E-state index contributed by atoms with van der Waals surface area (Å²) in [6.45, 7) is 4.49. The van der Waals surface area contributed by atoms with E-state index in [1.54, 1.807) is 47.8 Å². The van der Waals surface area contributed by atoms with Crippen LogP contribution < -0.4 is 10.6 Å². The van der Waals surface area contributed by atoms with E-state index in [9.17, 15) is 19.2 Å². The van der Waals surface area contributed by atoms with Crippen molar-refractivity contribution in [3.05, 3.63) is 72.6 Å². The zero-order valence-electron chi connectivity index (χ0n) is 31.8. The predicted octanol–water partition coefficient (Wildman–Crippen LogP) is 5.31. The number of H-pyrrole nitrogens is 2. The van der Waals surface area contributed by atoms with Crippen LogP contribution in [0.4, 0.5) is 9.59 Å². The fourth-order valence-electron chi connectivity index (χ4n) is 7.20. The number of aromatic nitrogens is 4. The molecule has 4 aromatic rings. The summed E-state index contributed by atoms with van der Waals surface area (Å²) in [5, 5.41) is 5.41. The Morgan fingerprint density at radius 3 is 1.82 bits per heavy atom. The van der Waals surface area contributed by atoms with Crippen molar-refractivity contribution in [2.75, 3.05) is 40.7 Å². The summed E-state index contributed by atoms with van der Waals surface area (Å²) in [7, 11) is 4.03. The van der Waals surface area contributed by atoms with Gasteiger partial charge in [-0.1, -0.05) is 48.5 Å². The first-order valence-electron chi connectivity index (χ1n) is 18.2. The van der Waals surface area contributed by atoms with Gasteiger partial charge in [0.05, 0.1) is 56.2 Å². The molecule has 0 bridgehead atoms. The fraction of sp³-hybridized carbons (Fsp3) is 0.436. The molecule has 2 aromatic heterocycles. The summed E-state index contributed by atoms with van der Waals surface area (Å²) in [6, 6.07) is 14.3. The molecule has 4 N–H and O–H groups in total. The van der Waals surface area contributed by atoms with Crippen LogP contribution in [0.1, 0.15) is 56.8 Å². The van der Waals surface area contributed by atoms with Gasteiger partial charge >= 0.3 is 12.2 Å². The third kappa shape index (κ3) is 8.65. The molecule has 292 valence electrons. The number of thioether (sulfide) groups is 1. The summed E-state index contributed by atoms with van der Waals surface area (Å²) in [4.78, 5) is 70.4. The summed E-state index contributed by atoms with van der Waals surface area (Å²) < 4.78 is 14.9. The van der Waals surface area contributed by atoms with Crippen LogP contribution in [-0.2, 0) is 23.8 Å². The SMILES string of the molecule is COC(=O)N[C@@H](C)C(=O)N1CCC[C@H]1c1ncc(-c2ccc(-c3ccc(-c4cnc([C@@H]5C[C@H](SC)CN5C(=O)[C@@H](NC(=O)OC)C(C)OC)[nH]4)cc3)cc2)[nH]1. The number of alkyl carbamates (subject to hydrolysis) is 2. The molecule has 1 unspecified atom stereocenters. The number of carbonyl (C=O) groups excluding carboxylic acids is 4. The Balaban J connectivity index is 1.12. The normalized spacial score (nSPS) is 19.8. The summed E-state index contributed by atoms with van der Waals surface area (Å²) in [5.41, 5.74) is 5.69. The standard InChI is InChI=1S/C39H48N8O7S/c1-22(42-38(50)53-4)36(48)46-17-7-8-31(46)34-40-19-29(43-34)26-13-9-24(10-14-26)25-11-15-27(16-12-25)30-20-41-35(44-30)32-18-28(55-6)21-47(32)37(49)33(23(2)52-3)45-39(51)54-5/h9-16,19-20,22-23,28,31-33H,7-8,17-18,21H2,1-6H3,(H,40,43)(H,41,44)(H,42,50)(H,45,51)/t22-,23?,28-,31-,32-,33-/m0/s1. The van der Waals surface area contributed by atoms with E-state index in [4.69, 9.17) is 14.5 Å². The first-order chi connectivity index (χ1) is 26.5. The minimum Gasteiger partial charge on any atom is -0.453 e. The molecule has 16 heteroatoms. The number of rotatable bonds is 12. The highest BCUT2D eigenvalue weighted by Crippen LogP contribution is 2.37. The number of likely N-dealkylation sites (tertiary alicyclic amines) is 2. The number of methoxy groups -OCH3 is 3. The number of hydrogen-bond donors (Lipinski definition) is 4. The van der Waals surface area contributed by atoms with Crippen molar-refractivity contribution in [2.45, 2.75) is 68.6 Å².